The van der Waals surface area contributed by atoms with Crippen molar-refractivity contribution in [1.29, 1.82) is 0 Å². The first-order valence-corrected chi connectivity index (χ1v) is 12.4. The largest absolute Gasteiger partial charge is 0.478 e. The molecular formula is C25H26N2O4S. The van der Waals surface area contributed by atoms with E-state index < -0.39 is 16.1 Å². The zero-order valence-electron chi connectivity index (χ0n) is 17.9. The molecule has 166 valence electrons. The van der Waals surface area contributed by atoms with Crippen LogP contribution in [0.1, 0.15) is 17.5 Å². The van der Waals surface area contributed by atoms with Crippen LogP contribution in [-0.4, -0.2) is 38.1 Å². The van der Waals surface area contributed by atoms with Gasteiger partial charge in [-0.3, -0.25) is 9.10 Å². The molecule has 3 aromatic rings. The number of amides is 1. The van der Waals surface area contributed by atoms with Crippen molar-refractivity contribution >= 4 is 21.6 Å². The third-order valence-electron chi connectivity index (χ3n) is 5.42. The maximum absolute atomic E-state index is 13.7. The summed E-state index contributed by atoms with van der Waals surface area (Å²) in [5.74, 6) is 0.232. The summed E-state index contributed by atoms with van der Waals surface area (Å²) in [7, 11) is -3.50. The molecule has 0 saturated carbocycles. The van der Waals surface area contributed by atoms with E-state index in [1.165, 1.54) is 10.6 Å². The molecule has 1 amide bonds. The number of hydrogen-bond acceptors (Lipinski definition) is 4. The average molecular weight is 451 g/mol. The van der Waals surface area contributed by atoms with Gasteiger partial charge in [0, 0.05) is 26.1 Å². The van der Waals surface area contributed by atoms with E-state index in [2.05, 4.69) is 0 Å². The monoisotopic (exact) mass is 450 g/mol. The van der Waals surface area contributed by atoms with Crippen LogP contribution in [0.3, 0.4) is 0 Å². The van der Waals surface area contributed by atoms with Gasteiger partial charge in [0.25, 0.3) is 5.91 Å². The van der Waals surface area contributed by atoms with Crippen LogP contribution < -0.4 is 9.04 Å². The lowest BCUT2D eigenvalue weighted by Gasteiger charge is -2.27. The van der Waals surface area contributed by atoms with Gasteiger partial charge >= 0.3 is 0 Å². The number of anilines is 1. The zero-order valence-corrected chi connectivity index (χ0v) is 18.7. The fraction of sp³-hybridized carbons (Fsp3) is 0.240. The second kappa shape index (κ2) is 9.44. The molecule has 0 aromatic heterocycles. The summed E-state index contributed by atoms with van der Waals surface area (Å²) in [6.45, 7) is 1.05. The Hall–Kier alpha value is -3.32. The summed E-state index contributed by atoms with van der Waals surface area (Å²) in [6.07, 6.45) is 0.652. The molecule has 1 atom stereocenters. The molecule has 0 spiro atoms. The Morgan fingerprint density at radius 2 is 1.44 bits per heavy atom. The van der Waals surface area contributed by atoms with Gasteiger partial charge in [-0.05, 0) is 23.3 Å². The molecule has 4 rings (SSSR count). The highest BCUT2D eigenvalue weighted by Crippen LogP contribution is 2.34. The highest BCUT2D eigenvalue weighted by Gasteiger charge is 2.33. The molecule has 7 heteroatoms. The third kappa shape index (κ3) is 5.11. The van der Waals surface area contributed by atoms with Gasteiger partial charge in [0.2, 0.25) is 10.0 Å². The lowest BCUT2D eigenvalue weighted by Crippen LogP contribution is -2.42. The van der Waals surface area contributed by atoms with E-state index in [9.17, 15) is 13.2 Å². The van der Waals surface area contributed by atoms with Crippen molar-refractivity contribution in [2.45, 2.75) is 25.6 Å². The summed E-state index contributed by atoms with van der Waals surface area (Å²) in [4.78, 5) is 15.4. The van der Waals surface area contributed by atoms with Gasteiger partial charge in [0.05, 0.1) is 11.9 Å². The van der Waals surface area contributed by atoms with E-state index in [0.717, 1.165) is 11.1 Å². The molecule has 6 nitrogen and oxygen atoms in total. The van der Waals surface area contributed by atoms with Crippen LogP contribution in [0.25, 0.3) is 0 Å². The molecule has 1 aliphatic heterocycles. The molecule has 0 bridgehead atoms. The minimum Gasteiger partial charge on any atom is -0.478 e. The van der Waals surface area contributed by atoms with Gasteiger partial charge in [-0.2, -0.15) is 0 Å². The summed E-state index contributed by atoms with van der Waals surface area (Å²) < 4.78 is 32.2. The van der Waals surface area contributed by atoms with Crippen molar-refractivity contribution in [2.75, 3.05) is 17.1 Å². The summed E-state index contributed by atoms with van der Waals surface area (Å²) in [6, 6.07) is 26.6. The Kier molecular flexibility index (Phi) is 6.46. The van der Waals surface area contributed by atoms with Crippen LogP contribution in [-0.2, 0) is 27.9 Å². The van der Waals surface area contributed by atoms with Crippen LogP contribution in [0, 0.1) is 0 Å². The number of nitrogens with zero attached hydrogens (tertiary/aromatic N) is 2. The number of fused-ring (bicyclic) bond motifs is 1. The molecule has 0 N–H and O–H groups in total. The SMILES string of the molecule is CS(=O)(=O)N1CCC(C(=O)N(Cc2ccccc2)Cc2ccccc2)Oc2ccccc21. The molecule has 0 radical (unpaired) electrons. The second-order valence-electron chi connectivity index (χ2n) is 7.86. The predicted octanol–water partition coefficient (Wildman–Crippen LogP) is 3.83. The van der Waals surface area contributed by atoms with Crippen molar-refractivity contribution in [3.8, 4) is 5.75 Å². The fourth-order valence-corrected chi connectivity index (χ4v) is 4.82. The number of carbonyl (C=O) groups excluding carboxylic acids is 1. The number of carbonyl (C=O) groups is 1. The number of rotatable bonds is 6. The lowest BCUT2D eigenvalue weighted by molar-refractivity contribution is -0.140. The van der Waals surface area contributed by atoms with E-state index in [-0.39, 0.29) is 18.9 Å². The van der Waals surface area contributed by atoms with Gasteiger partial charge in [-0.1, -0.05) is 72.8 Å². The van der Waals surface area contributed by atoms with Gasteiger partial charge in [0.1, 0.15) is 5.75 Å². The molecule has 3 aromatic carbocycles. The Bertz CT molecular complexity index is 1130. The molecule has 0 aliphatic carbocycles. The number of para-hydroxylation sites is 2. The number of benzene rings is 3. The summed E-state index contributed by atoms with van der Waals surface area (Å²) in [5.41, 5.74) is 2.50. The van der Waals surface area contributed by atoms with Gasteiger partial charge in [-0.15, -0.1) is 0 Å². The minimum absolute atomic E-state index is 0.164. The zero-order chi connectivity index (χ0) is 22.6. The number of ether oxygens (including phenoxy) is 1. The highest BCUT2D eigenvalue weighted by atomic mass is 32.2. The van der Waals surface area contributed by atoms with E-state index in [1.807, 2.05) is 60.7 Å². The maximum Gasteiger partial charge on any atom is 0.264 e. The van der Waals surface area contributed by atoms with Gasteiger partial charge in [-0.25, -0.2) is 8.42 Å². The maximum atomic E-state index is 13.7. The van der Waals surface area contributed by atoms with Crippen LogP contribution in [0.5, 0.6) is 5.75 Å². The highest BCUT2D eigenvalue weighted by molar-refractivity contribution is 7.92. The van der Waals surface area contributed by atoms with E-state index >= 15 is 0 Å². The van der Waals surface area contributed by atoms with E-state index in [1.54, 1.807) is 29.2 Å². The Morgan fingerprint density at radius 3 is 2.00 bits per heavy atom. The normalized spacial score (nSPS) is 15.9. The standard InChI is InChI=1S/C25H26N2O4S/c1-32(29,30)27-17-16-24(31-23-15-9-8-14-22(23)27)25(28)26(18-20-10-4-2-5-11-20)19-21-12-6-3-7-13-21/h2-15,24H,16-19H2,1H3. The molecule has 0 saturated heterocycles. The first kappa shape index (κ1) is 21.9. The van der Waals surface area contributed by atoms with Crippen molar-refractivity contribution in [3.63, 3.8) is 0 Å². The third-order valence-corrected chi connectivity index (χ3v) is 6.60. The van der Waals surface area contributed by atoms with E-state index in [4.69, 9.17) is 4.74 Å². The molecule has 1 unspecified atom stereocenters. The smallest absolute Gasteiger partial charge is 0.264 e. The molecule has 32 heavy (non-hydrogen) atoms. The van der Waals surface area contributed by atoms with Crippen LogP contribution in [0.15, 0.2) is 84.9 Å². The van der Waals surface area contributed by atoms with Crippen molar-refractivity contribution < 1.29 is 17.9 Å². The predicted molar refractivity (Wildman–Crippen MR) is 125 cm³/mol. The molecule has 1 aliphatic rings. The van der Waals surface area contributed by atoms with Crippen molar-refractivity contribution in [2.24, 2.45) is 0 Å². The molecule has 0 fully saturated rings. The van der Waals surface area contributed by atoms with Gasteiger partial charge in [0.15, 0.2) is 6.10 Å². The van der Waals surface area contributed by atoms with Crippen LogP contribution >= 0.6 is 0 Å². The number of sulfonamides is 1. The quantitative estimate of drug-likeness (QED) is 0.572. The van der Waals surface area contributed by atoms with Crippen molar-refractivity contribution in [1.82, 2.24) is 4.90 Å². The number of hydrogen-bond donors (Lipinski definition) is 0. The van der Waals surface area contributed by atoms with Crippen LogP contribution in [0.4, 0.5) is 5.69 Å². The Morgan fingerprint density at radius 1 is 0.906 bits per heavy atom. The average Bonchev–Trinajstić information content (AvgIpc) is 2.99. The lowest BCUT2D eigenvalue weighted by atomic mass is 10.1. The Balaban J connectivity index is 1.63. The van der Waals surface area contributed by atoms with E-state index in [0.29, 0.717) is 24.5 Å². The Labute approximate surface area is 189 Å². The van der Waals surface area contributed by atoms with Gasteiger partial charge < -0.3 is 9.64 Å². The topological polar surface area (TPSA) is 66.9 Å². The molecule has 1 heterocycles. The summed E-state index contributed by atoms with van der Waals surface area (Å²) >= 11 is 0. The van der Waals surface area contributed by atoms with Crippen LogP contribution in [0.2, 0.25) is 0 Å². The summed E-state index contributed by atoms with van der Waals surface area (Å²) in [5, 5.41) is 0. The fourth-order valence-electron chi connectivity index (χ4n) is 3.87. The second-order valence-corrected chi connectivity index (χ2v) is 9.77. The van der Waals surface area contributed by atoms with Crippen molar-refractivity contribution in [3.05, 3.63) is 96.1 Å². The molecular weight excluding hydrogens is 424 g/mol. The minimum atomic E-state index is -3.50. The first-order valence-electron chi connectivity index (χ1n) is 10.5. The first-order chi connectivity index (χ1) is 15.4.